The van der Waals surface area contributed by atoms with E-state index in [0.717, 1.165) is 20.6 Å². The Morgan fingerprint density at radius 2 is 2.04 bits per heavy atom. The average Bonchev–Trinajstić information content (AvgIpc) is 3.05. The molecule has 146 valence electrons. The van der Waals surface area contributed by atoms with E-state index < -0.39 is 23.7 Å². The molecular formula is C18H14F3N3O2S2. The highest BCUT2D eigenvalue weighted by molar-refractivity contribution is 8.01. The molecule has 2 aromatic heterocycles. The van der Waals surface area contributed by atoms with Gasteiger partial charge in [-0.25, -0.2) is 9.97 Å². The minimum atomic E-state index is -4.53. The van der Waals surface area contributed by atoms with Gasteiger partial charge >= 0.3 is 6.18 Å². The second-order valence-corrected chi connectivity index (χ2v) is 8.38. The fourth-order valence-corrected chi connectivity index (χ4v) is 4.67. The van der Waals surface area contributed by atoms with Gasteiger partial charge in [-0.1, -0.05) is 23.9 Å². The van der Waals surface area contributed by atoms with Crippen molar-refractivity contribution in [3.05, 3.63) is 48.2 Å². The number of ether oxygens (including phenoxy) is 1. The standard InChI is InChI=1S/C18H14F3N3O2S2/c19-18(20,21)12-4-3-7-22-16(12)26-11-8-24(9-11)15(25)10-27-17-23-13-5-1-2-6-14(13)28-17/h1-7,11H,8-10H2. The Bertz CT molecular complexity index is 970. The third kappa shape index (κ3) is 4.07. The molecule has 0 radical (unpaired) electrons. The first-order valence-electron chi connectivity index (χ1n) is 8.35. The number of halogens is 3. The number of para-hydroxylation sites is 1. The van der Waals surface area contributed by atoms with E-state index in [2.05, 4.69) is 9.97 Å². The number of hydrogen-bond donors (Lipinski definition) is 0. The minimum absolute atomic E-state index is 0.0961. The number of aromatic nitrogens is 2. The molecule has 1 amide bonds. The Morgan fingerprint density at radius 1 is 1.25 bits per heavy atom. The van der Waals surface area contributed by atoms with Crippen LogP contribution in [0.25, 0.3) is 10.2 Å². The lowest BCUT2D eigenvalue weighted by atomic mass is 10.1. The number of alkyl halides is 3. The largest absolute Gasteiger partial charge is 0.470 e. The highest BCUT2D eigenvalue weighted by Crippen LogP contribution is 2.35. The summed E-state index contributed by atoms with van der Waals surface area (Å²) in [7, 11) is 0. The van der Waals surface area contributed by atoms with Gasteiger partial charge in [0.25, 0.3) is 0 Å². The van der Waals surface area contributed by atoms with Crippen LogP contribution in [0.5, 0.6) is 5.88 Å². The topological polar surface area (TPSA) is 55.3 Å². The zero-order chi connectivity index (χ0) is 19.7. The molecule has 1 saturated heterocycles. The predicted molar refractivity (Wildman–Crippen MR) is 101 cm³/mol. The van der Waals surface area contributed by atoms with Crippen LogP contribution in [0.1, 0.15) is 5.56 Å². The van der Waals surface area contributed by atoms with E-state index >= 15 is 0 Å². The van der Waals surface area contributed by atoms with E-state index in [1.54, 1.807) is 4.90 Å². The lowest BCUT2D eigenvalue weighted by Gasteiger charge is -2.38. The third-order valence-electron chi connectivity index (χ3n) is 4.15. The molecule has 3 aromatic rings. The van der Waals surface area contributed by atoms with Crippen molar-refractivity contribution in [1.29, 1.82) is 0 Å². The Kier molecular flexibility index (Phi) is 5.15. The van der Waals surface area contributed by atoms with Crippen molar-refractivity contribution in [2.45, 2.75) is 16.6 Å². The first kappa shape index (κ1) is 19.0. The summed E-state index contributed by atoms with van der Waals surface area (Å²) in [5.41, 5.74) is -0.0122. The first-order valence-corrected chi connectivity index (χ1v) is 10.2. The molecule has 5 nitrogen and oxygen atoms in total. The number of carbonyl (C=O) groups excluding carboxylic acids is 1. The van der Waals surface area contributed by atoms with Crippen LogP contribution >= 0.6 is 23.1 Å². The maximum absolute atomic E-state index is 13.0. The number of amides is 1. The predicted octanol–water partition coefficient (Wildman–Crippen LogP) is 4.09. The Balaban J connectivity index is 1.29. The van der Waals surface area contributed by atoms with Crippen molar-refractivity contribution in [3.8, 4) is 5.88 Å². The number of hydrogen-bond acceptors (Lipinski definition) is 6. The number of thioether (sulfide) groups is 1. The van der Waals surface area contributed by atoms with Gasteiger partial charge in [0, 0.05) is 6.20 Å². The number of fused-ring (bicyclic) bond motifs is 1. The first-order chi connectivity index (χ1) is 13.4. The lowest BCUT2D eigenvalue weighted by Crippen LogP contribution is -2.56. The van der Waals surface area contributed by atoms with Crippen LogP contribution in [0.3, 0.4) is 0 Å². The van der Waals surface area contributed by atoms with Crippen LogP contribution < -0.4 is 4.74 Å². The van der Waals surface area contributed by atoms with E-state index in [1.165, 1.54) is 35.4 Å². The highest BCUT2D eigenvalue weighted by Gasteiger charge is 2.38. The summed E-state index contributed by atoms with van der Waals surface area (Å²) >= 11 is 2.88. The van der Waals surface area contributed by atoms with Gasteiger partial charge in [-0.3, -0.25) is 4.79 Å². The van der Waals surface area contributed by atoms with Crippen molar-refractivity contribution in [2.75, 3.05) is 18.8 Å². The maximum Gasteiger partial charge on any atom is 0.421 e. The molecule has 0 saturated carbocycles. The van der Waals surface area contributed by atoms with E-state index in [9.17, 15) is 18.0 Å². The molecule has 1 fully saturated rings. The third-order valence-corrected chi connectivity index (χ3v) is 6.31. The number of nitrogens with zero attached hydrogens (tertiary/aromatic N) is 3. The van der Waals surface area contributed by atoms with Crippen LogP contribution in [0.4, 0.5) is 13.2 Å². The van der Waals surface area contributed by atoms with Crippen LogP contribution in [-0.4, -0.2) is 45.7 Å². The van der Waals surface area contributed by atoms with Crippen LogP contribution in [0.15, 0.2) is 46.9 Å². The maximum atomic E-state index is 13.0. The quantitative estimate of drug-likeness (QED) is 0.577. The molecular weight excluding hydrogens is 411 g/mol. The summed E-state index contributed by atoms with van der Waals surface area (Å²) in [6, 6.07) is 9.88. The van der Waals surface area contributed by atoms with Gasteiger partial charge in [-0.2, -0.15) is 13.2 Å². The monoisotopic (exact) mass is 425 g/mol. The van der Waals surface area contributed by atoms with Crippen LogP contribution in [0.2, 0.25) is 0 Å². The smallest absolute Gasteiger partial charge is 0.421 e. The zero-order valence-electron chi connectivity index (χ0n) is 14.3. The number of likely N-dealkylation sites (tertiary alicyclic amines) is 1. The fourth-order valence-electron chi connectivity index (χ4n) is 2.70. The Morgan fingerprint density at radius 3 is 2.79 bits per heavy atom. The van der Waals surface area contributed by atoms with Gasteiger partial charge in [0.2, 0.25) is 11.8 Å². The molecule has 1 aliphatic rings. The molecule has 0 aliphatic carbocycles. The van der Waals surface area contributed by atoms with Gasteiger partial charge in [0.05, 0.1) is 29.1 Å². The molecule has 0 bridgehead atoms. The summed E-state index contributed by atoms with van der Waals surface area (Å²) in [5, 5.41) is 0. The molecule has 0 spiro atoms. The van der Waals surface area contributed by atoms with Gasteiger partial charge in [-0.15, -0.1) is 11.3 Å². The van der Waals surface area contributed by atoms with Crippen LogP contribution in [0, 0.1) is 0 Å². The van der Waals surface area contributed by atoms with Crippen molar-refractivity contribution >= 4 is 39.2 Å². The molecule has 10 heteroatoms. The summed E-state index contributed by atoms with van der Waals surface area (Å²) in [6.07, 6.45) is -3.77. The zero-order valence-corrected chi connectivity index (χ0v) is 16.0. The van der Waals surface area contributed by atoms with Crippen molar-refractivity contribution in [2.24, 2.45) is 0 Å². The molecule has 1 aliphatic heterocycles. The Labute approximate surface area is 166 Å². The number of pyridine rings is 1. The fraction of sp³-hybridized carbons (Fsp3) is 0.278. The summed E-state index contributed by atoms with van der Waals surface area (Å²) < 4.78 is 46.1. The minimum Gasteiger partial charge on any atom is -0.470 e. The normalized spacial score (nSPS) is 14.9. The number of benzene rings is 1. The van der Waals surface area contributed by atoms with Crippen molar-refractivity contribution in [1.82, 2.24) is 14.9 Å². The SMILES string of the molecule is O=C(CSc1nc2ccccc2s1)N1CC(Oc2ncccc2C(F)(F)F)C1. The van der Waals surface area contributed by atoms with E-state index in [-0.39, 0.29) is 24.7 Å². The van der Waals surface area contributed by atoms with E-state index in [4.69, 9.17) is 4.74 Å². The van der Waals surface area contributed by atoms with Gasteiger partial charge in [0.15, 0.2) is 4.34 Å². The highest BCUT2D eigenvalue weighted by atomic mass is 32.2. The van der Waals surface area contributed by atoms with E-state index in [1.807, 2.05) is 24.3 Å². The summed E-state index contributed by atoms with van der Waals surface area (Å²) in [5.74, 6) is -0.318. The Hall–Kier alpha value is -2.33. The molecule has 28 heavy (non-hydrogen) atoms. The van der Waals surface area contributed by atoms with Gasteiger partial charge in [-0.05, 0) is 24.3 Å². The van der Waals surface area contributed by atoms with Crippen molar-refractivity contribution < 1.29 is 22.7 Å². The van der Waals surface area contributed by atoms with Gasteiger partial charge < -0.3 is 9.64 Å². The summed E-state index contributed by atoms with van der Waals surface area (Å²) in [6.45, 7) is 0.486. The molecule has 0 N–H and O–H groups in total. The second-order valence-electron chi connectivity index (χ2n) is 6.13. The number of carbonyl (C=O) groups is 1. The van der Waals surface area contributed by atoms with E-state index in [0.29, 0.717) is 0 Å². The summed E-state index contributed by atoms with van der Waals surface area (Å²) in [4.78, 5) is 22.0. The molecule has 0 unspecified atom stereocenters. The molecule has 3 heterocycles. The average molecular weight is 425 g/mol. The lowest BCUT2D eigenvalue weighted by molar-refractivity contribution is -0.143. The molecule has 4 rings (SSSR count). The van der Waals surface area contributed by atoms with Crippen molar-refractivity contribution in [3.63, 3.8) is 0 Å². The second kappa shape index (κ2) is 7.59. The number of rotatable bonds is 5. The molecule has 0 atom stereocenters. The van der Waals surface area contributed by atoms with Crippen LogP contribution in [-0.2, 0) is 11.0 Å². The van der Waals surface area contributed by atoms with Gasteiger partial charge in [0.1, 0.15) is 11.7 Å². The number of thiazole rings is 1. The molecule has 1 aromatic carbocycles.